The van der Waals surface area contributed by atoms with Crippen LogP contribution in [0.2, 0.25) is 0 Å². The van der Waals surface area contributed by atoms with E-state index in [4.69, 9.17) is 0 Å². The van der Waals surface area contributed by atoms with E-state index in [1.165, 1.54) is 50.0 Å². The second-order valence-electron chi connectivity index (χ2n) is 5.26. The lowest BCUT2D eigenvalue weighted by Crippen LogP contribution is -2.28. The molecule has 0 saturated carbocycles. The van der Waals surface area contributed by atoms with Crippen LogP contribution in [0.4, 0.5) is 5.69 Å². The Hall–Kier alpha value is -1.02. The van der Waals surface area contributed by atoms with Gasteiger partial charge < -0.3 is 10.2 Å². The molecule has 108 valence electrons. The Kier molecular flexibility index (Phi) is 7.57. The summed E-state index contributed by atoms with van der Waals surface area (Å²) >= 11 is 0. The second kappa shape index (κ2) is 8.98. The van der Waals surface area contributed by atoms with Gasteiger partial charge in [0.15, 0.2) is 0 Å². The Morgan fingerprint density at radius 3 is 2.16 bits per heavy atom. The number of hydrogen-bond donors (Lipinski definition) is 1. The molecule has 0 aliphatic carbocycles. The lowest BCUT2D eigenvalue weighted by atomic mass is 10.0. The topological polar surface area (TPSA) is 15.3 Å². The molecule has 0 heterocycles. The third-order valence-corrected chi connectivity index (χ3v) is 3.74. The van der Waals surface area contributed by atoms with Gasteiger partial charge in [0, 0.05) is 24.8 Å². The molecule has 1 unspecified atom stereocenters. The SMILES string of the molecule is CCCCN(CCCC)c1ccccc1C(C)NC. The lowest BCUT2D eigenvalue weighted by molar-refractivity contribution is 0.635. The third-order valence-electron chi connectivity index (χ3n) is 3.74. The van der Waals surface area contributed by atoms with Gasteiger partial charge in [-0.2, -0.15) is 0 Å². The van der Waals surface area contributed by atoms with Crippen molar-refractivity contribution in [2.24, 2.45) is 0 Å². The Labute approximate surface area is 119 Å². The molecule has 1 aromatic carbocycles. The maximum absolute atomic E-state index is 3.36. The van der Waals surface area contributed by atoms with Gasteiger partial charge in [0.2, 0.25) is 0 Å². The van der Waals surface area contributed by atoms with Crippen molar-refractivity contribution >= 4 is 5.69 Å². The van der Waals surface area contributed by atoms with Crippen LogP contribution in [0, 0.1) is 0 Å². The molecule has 19 heavy (non-hydrogen) atoms. The van der Waals surface area contributed by atoms with Crippen LogP contribution < -0.4 is 10.2 Å². The molecule has 2 heteroatoms. The van der Waals surface area contributed by atoms with Gasteiger partial charge in [-0.3, -0.25) is 0 Å². The molecular formula is C17H30N2. The highest BCUT2D eigenvalue weighted by Crippen LogP contribution is 2.26. The highest BCUT2D eigenvalue weighted by Gasteiger charge is 2.13. The van der Waals surface area contributed by atoms with Crippen LogP contribution in [-0.2, 0) is 0 Å². The van der Waals surface area contributed by atoms with Crippen molar-refractivity contribution in [3.05, 3.63) is 29.8 Å². The van der Waals surface area contributed by atoms with E-state index in [1.54, 1.807) is 0 Å². The summed E-state index contributed by atoms with van der Waals surface area (Å²) in [6.07, 6.45) is 5.05. The summed E-state index contributed by atoms with van der Waals surface area (Å²) in [5, 5.41) is 3.36. The van der Waals surface area contributed by atoms with Crippen LogP contribution in [0.15, 0.2) is 24.3 Å². The van der Waals surface area contributed by atoms with Crippen LogP contribution in [0.5, 0.6) is 0 Å². The van der Waals surface area contributed by atoms with E-state index in [9.17, 15) is 0 Å². The maximum atomic E-state index is 3.36. The molecule has 0 spiro atoms. The molecule has 0 amide bonds. The van der Waals surface area contributed by atoms with Crippen molar-refractivity contribution in [1.29, 1.82) is 0 Å². The van der Waals surface area contributed by atoms with Crippen molar-refractivity contribution in [3.8, 4) is 0 Å². The number of unbranched alkanes of at least 4 members (excludes halogenated alkanes) is 2. The molecule has 0 fully saturated rings. The Morgan fingerprint density at radius 2 is 1.63 bits per heavy atom. The molecule has 0 aromatic heterocycles. The van der Waals surface area contributed by atoms with Crippen molar-refractivity contribution in [2.75, 3.05) is 25.0 Å². The zero-order chi connectivity index (χ0) is 14.1. The molecule has 1 atom stereocenters. The van der Waals surface area contributed by atoms with E-state index in [2.05, 4.69) is 55.3 Å². The molecule has 0 aliphatic heterocycles. The van der Waals surface area contributed by atoms with Crippen LogP contribution in [-0.4, -0.2) is 20.1 Å². The first-order valence-corrected chi connectivity index (χ1v) is 7.75. The van der Waals surface area contributed by atoms with Gasteiger partial charge >= 0.3 is 0 Å². The normalized spacial score (nSPS) is 12.4. The highest BCUT2D eigenvalue weighted by atomic mass is 15.1. The summed E-state index contributed by atoms with van der Waals surface area (Å²) < 4.78 is 0. The number of benzene rings is 1. The summed E-state index contributed by atoms with van der Waals surface area (Å²) in [6, 6.07) is 9.23. The molecule has 0 aliphatic rings. The second-order valence-corrected chi connectivity index (χ2v) is 5.26. The van der Waals surface area contributed by atoms with E-state index in [0.29, 0.717) is 6.04 Å². The standard InChI is InChI=1S/C17H30N2/c1-5-7-13-19(14-8-6-2)17-12-10-9-11-16(17)15(3)18-4/h9-12,15,18H,5-8,13-14H2,1-4H3. The van der Waals surface area contributed by atoms with Crippen LogP contribution >= 0.6 is 0 Å². The zero-order valence-corrected chi connectivity index (χ0v) is 13.1. The monoisotopic (exact) mass is 262 g/mol. The van der Waals surface area contributed by atoms with Gasteiger partial charge in [-0.05, 0) is 38.4 Å². The largest absolute Gasteiger partial charge is 0.371 e. The quantitative estimate of drug-likeness (QED) is 0.710. The number of hydrogen-bond acceptors (Lipinski definition) is 2. The fourth-order valence-electron chi connectivity index (χ4n) is 2.35. The summed E-state index contributed by atoms with van der Waals surface area (Å²) in [5.41, 5.74) is 2.82. The first-order valence-electron chi connectivity index (χ1n) is 7.75. The fraction of sp³-hybridized carbons (Fsp3) is 0.647. The number of rotatable bonds is 9. The molecule has 0 saturated heterocycles. The first kappa shape index (κ1) is 16.0. The van der Waals surface area contributed by atoms with Gasteiger partial charge in [-0.1, -0.05) is 44.9 Å². The van der Waals surface area contributed by atoms with E-state index < -0.39 is 0 Å². The first-order chi connectivity index (χ1) is 9.24. The van der Waals surface area contributed by atoms with E-state index in [-0.39, 0.29) is 0 Å². The van der Waals surface area contributed by atoms with Crippen LogP contribution in [0.25, 0.3) is 0 Å². The molecule has 1 aromatic rings. The lowest BCUT2D eigenvalue weighted by Gasteiger charge is -2.29. The van der Waals surface area contributed by atoms with Gasteiger partial charge in [0.1, 0.15) is 0 Å². The number of anilines is 1. The predicted octanol–water partition coefficient (Wildman–Crippen LogP) is 4.37. The number of para-hydroxylation sites is 1. The van der Waals surface area contributed by atoms with E-state index in [0.717, 1.165) is 0 Å². The van der Waals surface area contributed by atoms with Crippen LogP contribution in [0.1, 0.15) is 58.1 Å². The van der Waals surface area contributed by atoms with Gasteiger partial charge in [0.25, 0.3) is 0 Å². The molecule has 2 nitrogen and oxygen atoms in total. The Balaban J connectivity index is 2.92. The predicted molar refractivity (Wildman–Crippen MR) is 85.9 cm³/mol. The zero-order valence-electron chi connectivity index (χ0n) is 13.1. The van der Waals surface area contributed by atoms with Gasteiger partial charge in [0.05, 0.1) is 0 Å². The van der Waals surface area contributed by atoms with Gasteiger partial charge in [-0.25, -0.2) is 0 Å². The van der Waals surface area contributed by atoms with Gasteiger partial charge in [-0.15, -0.1) is 0 Å². The highest BCUT2D eigenvalue weighted by molar-refractivity contribution is 5.54. The Morgan fingerprint density at radius 1 is 1.05 bits per heavy atom. The summed E-state index contributed by atoms with van der Waals surface area (Å²) in [5.74, 6) is 0. The minimum atomic E-state index is 0.405. The number of nitrogens with one attached hydrogen (secondary N) is 1. The average Bonchev–Trinajstić information content (AvgIpc) is 2.47. The molecular weight excluding hydrogens is 232 g/mol. The summed E-state index contributed by atoms with van der Waals surface area (Å²) in [7, 11) is 2.03. The van der Waals surface area contributed by atoms with E-state index >= 15 is 0 Å². The van der Waals surface area contributed by atoms with Crippen molar-refractivity contribution in [3.63, 3.8) is 0 Å². The van der Waals surface area contributed by atoms with Crippen LogP contribution in [0.3, 0.4) is 0 Å². The number of nitrogens with zero attached hydrogens (tertiary/aromatic N) is 1. The molecule has 0 bridgehead atoms. The smallest absolute Gasteiger partial charge is 0.0414 e. The summed E-state index contributed by atoms with van der Waals surface area (Å²) in [6.45, 7) is 9.10. The van der Waals surface area contributed by atoms with Crippen molar-refractivity contribution < 1.29 is 0 Å². The molecule has 1 rings (SSSR count). The maximum Gasteiger partial charge on any atom is 0.0414 e. The molecule has 0 radical (unpaired) electrons. The molecule has 1 N–H and O–H groups in total. The minimum Gasteiger partial charge on any atom is -0.371 e. The average molecular weight is 262 g/mol. The fourth-order valence-corrected chi connectivity index (χ4v) is 2.35. The van der Waals surface area contributed by atoms with Crippen molar-refractivity contribution in [1.82, 2.24) is 5.32 Å². The summed E-state index contributed by atoms with van der Waals surface area (Å²) in [4.78, 5) is 2.57. The third kappa shape index (κ3) is 4.87. The van der Waals surface area contributed by atoms with E-state index in [1.807, 2.05) is 7.05 Å². The minimum absolute atomic E-state index is 0.405. The Bertz CT molecular complexity index is 341. The van der Waals surface area contributed by atoms with Crippen molar-refractivity contribution in [2.45, 2.75) is 52.5 Å².